The van der Waals surface area contributed by atoms with Gasteiger partial charge >= 0.3 is 5.97 Å². The number of carboxylic acid groups (broad SMARTS) is 1. The molecule has 1 aromatic carbocycles. The Morgan fingerprint density at radius 2 is 2.12 bits per heavy atom. The van der Waals surface area contributed by atoms with Crippen molar-refractivity contribution in [3.63, 3.8) is 0 Å². The fourth-order valence-corrected chi connectivity index (χ4v) is 1.71. The van der Waals surface area contributed by atoms with E-state index in [4.69, 9.17) is 5.11 Å². The molecular formula is C11H13NO3S. The van der Waals surface area contributed by atoms with Gasteiger partial charge in [-0.25, -0.2) is 4.79 Å². The molecule has 16 heavy (non-hydrogen) atoms. The predicted molar refractivity (Wildman–Crippen MR) is 62.6 cm³/mol. The molecule has 0 aliphatic carbocycles. The maximum atomic E-state index is 10.8. The lowest BCUT2D eigenvalue weighted by molar-refractivity contribution is -0.140. The fraction of sp³-hybridized carbons (Fsp3) is 0.273. The van der Waals surface area contributed by atoms with E-state index in [2.05, 4.69) is 5.32 Å². The van der Waals surface area contributed by atoms with Crippen molar-refractivity contribution in [2.75, 3.05) is 6.26 Å². The SMILES string of the molecule is CSc1ccc(CC(NC=O)C(=O)O)cc1. The van der Waals surface area contributed by atoms with E-state index < -0.39 is 12.0 Å². The fourth-order valence-electron chi connectivity index (χ4n) is 1.30. The van der Waals surface area contributed by atoms with Gasteiger partial charge in [0.15, 0.2) is 0 Å². The third-order valence-corrected chi connectivity index (χ3v) is 2.91. The van der Waals surface area contributed by atoms with Gasteiger partial charge in [-0.2, -0.15) is 0 Å². The quantitative estimate of drug-likeness (QED) is 0.577. The summed E-state index contributed by atoms with van der Waals surface area (Å²) in [4.78, 5) is 22.1. The highest BCUT2D eigenvalue weighted by atomic mass is 32.2. The van der Waals surface area contributed by atoms with Crippen molar-refractivity contribution in [2.24, 2.45) is 0 Å². The van der Waals surface area contributed by atoms with Crippen molar-refractivity contribution in [3.05, 3.63) is 29.8 Å². The van der Waals surface area contributed by atoms with E-state index in [-0.39, 0.29) is 0 Å². The molecule has 0 bridgehead atoms. The van der Waals surface area contributed by atoms with Gasteiger partial charge in [-0.1, -0.05) is 12.1 Å². The molecule has 1 amide bonds. The zero-order valence-electron chi connectivity index (χ0n) is 8.84. The summed E-state index contributed by atoms with van der Waals surface area (Å²) in [5, 5.41) is 11.1. The van der Waals surface area contributed by atoms with Crippen LogP contribution in [0.15, 0.2) is 29.2 Å². The van der Waals surface area contributed by atoms with Crippen LogP contribution in [-0.2, 0) is 16.0 Å². The monoisotopic (exact) mass is 239 g/mol. The van der Waals surface area contributed by atoms with Gasteiger partial charge in [-0.05, 0) is 24.0 Å². The Balaban J connectivity index is 2.69. The van der Waals surface area contributed by atoms with E-state index in [1.54, 1.807) is 11.8 Å². The van der Waals surface area contributed by atoms with Gasteiger partial charge < -0.3 is 10.4 Å². The number of carbonyl (C=O) groups excluding carboxylic acids is 1. The molecule has 4 nitrogen and oxygen atoms in total. The first kappa shape index (κ1) is 12.6. The van der Waals surface area contributed by atoms with E-state index in [0.29, 0.717) is 12.8 Å². The second kappa shape index (κ2) is 6.17. The summed E-state index contributed by atoms with van der Waals surface area (Å²) in [6.07, 6.45) is 2.68. The number of aliphatic carboxylic acids is 1. The average molecular weight is 239 g/mol. The minimum atomic E-state index is -1.03. The molecule has 0 heterocycles. The average Bonchev–Trinajstić information content (AvgIpc) is 2.29. The summed E-state index contributed by atoms with van der Waals surface area (Å²) in [5.74, 6) is -1.03. The van der Waals surface area contributed by atoms with Crippen LogP contribution < -0.4 is 5.32 Å². The second-order valence-corrected chi connectivity index (χ2v) is 4.11. The van der Waals surface area contributed by atoms with Gasteiger partial charge in [0, 0.05) is 11.3 Å². The number of benzene rings is 1. The Bertz CT molecular complexity index is 364. The lowest BCUT2D eigenvalue weighted by Crippen LogP contribution is -2.37. The standard InChI is InChI=1S/C11H13NO3S/c1-16-9-4-2-8(3-5-9)6-10(11(14)15)12-7-13/h2-5,7,10H,6H2,1H3,(H,12,13)(H,14,15). The number of amides is 1. The minimum absolute atomic E-state index is 0.294. The van der Waals surface area contributed by atoms with Crippen LogP contribution >= 0.6 is 11.8 Å². The molecule has 0 aliphatic heterocycles. The topological polar surface area (TPSA) is 66.4 Å². The van der Waals surface area contributed by atoms with Gasteiger partial charge in [0.2, 0.25) is 6.41 Å². The second-order valence-electron chi connectivity index (χ2n) is 3.23. The van der Waals surface area contributed by atoms with Crippen LogP contribution in [0.5, 0.6) is 0 Å². The molecule has 0 fully saturated rings. The van der Waals surface area contributed by atoms with Gasteiger partial charge in [0.05, 0.1) is 0 Å². The number of carbonyl (C=O) groups is 2. The summed E-state index contributed by atoms with van der Waals surface area (Å²) >= 11 is 1.62. The number of hydrogen-bond donors (Lipinski definition) is 2. The molecule has 1 atom stereocenters. The summed E-state index contributed by atoms with van der Waals surface area (Å²) in [7, 11) is 0. The molecule has 1 aromatic rings. The Morgan fingerprint density at radius 1 is 1.50 bits per heavy atom. The normalized spacial score (nSPS) is 11.8. The van der Waals surface area contributed by atoms with Gasteiger partial charge in [-0.3, -0.25) is 4.79 Å². The Labute approximate surface area is 98.0 Å². The van der Waals surface area contributed by atoms with Crippen molar-refractivity contribution in [1.82, 2.24) is 5.32 Å². The number of hydrogen-bond acceptors (Lipinski definition) is 3. The Morgan fingerprint density at radius 3 is 2.56 bits per heavy atom. The van der Waals surface area contributed by atoms with E-state index in [1.165, 1.54) is 0 Å². The maximum Gasteiger partial charge on any atom is 0.326 e. The Kier molecular flexibility index (Phi) is 4.85. The maximum absolute atomic E-state index is 10.8. The van der Waals surface area contributed by atoms with Gasteiger partial charge in [-0.15, -0.1) is 11.8 Å². The van der Waals surface area contributed by atoms with Crippen LogP contribution in [0.3, 0.4) is 0 Å². The number of nitrogens with one attached hydrogen (secondary N) is 1. The lowest BCUT2D eigenvalue weighted by Gasteiger charge is -2.11. The van der Waals surface area contributed by atoms with E-state index >= 15 is 0 Å². The molecule has 5 heteroatoms. The number of carboxylic acids is 1. The third kappa shape index (κ3) is 3.58. The first-order valence-electron chi connectivity index (χ1n) is 4.72. The first-order chi connectivity index (χ1) is 7.67. The third-order valence-electron chi connectivity index (χ3n) is 2.17. The minimum Gasteiger partial charge on any atom is -0.480 e. The zero-order chi connectivity index (χ0) is 12.0. The smallest absolute Gasteiger partial charge is 0.326 e. The molecular weight excluding hydrogens is 226 g/mol. The molecule has 1 rings (SSSR count). The number of rotatable bonds is 6. The highest BCUT2D eigenvalue weighted by molar-refractivity contribution is 7.98. The largest absolute Gasteiger partial charge is 0.480 e. The van der Waals surface area contributed by atoms with Crippen LogP contribution in [-0.4, -0.2) is 29.8 Å². The molecule has 0 radical (unpaired) electrons. The van der Waals surface area contributed by atoms with Crippen molar-refractivity contribution in [3.8, 4) is 0 Å². The van der Waals surface area contributed by atoms with Crippen molar-refractivity contribution in [1.29, 1.82) is 0 Å². The van der Waals surface area contributed by atoms with Crippen molar-refractivity contribution < 1.29 is 14.7 Å². The van der Waals surface area contributed by atoms with Crippen LogP contribution in [0.25, 0.3) is 0 Å². The summed E-state index contributed by atoms with van der Waals surface area (Å²) in [6, 6.07) is 6.74. The Hall–Kier alpha value is -1.49. The van der Waals surface area contributed by atoms with Crippen molar-refractivity contribution in [2.45, 2.75) is 17.4 Å². The van der Waals surface area contributed by atoms with E-state index in [0.717, 1.165) is 10.5 Å². The summed E-state index contributed by atoms with van der Waals surface area (Å²) in [6.45, 7) is 0. The van der Waals surface area contributed by atoms with Gasteiger partial charge in [0.1, 0.15) is 6.04 Å². The molecule has 2 N–H and O–H groups in total. The lowest BCUT2D eigenvalue weighted by atomic mass is 10.1. The first-order valence-corrected chi connectivity index (χ1v) is 5.95. The van der Waals surface area contributed by atoms with Crippen LogP contribution in [0, 0.1) is 0 Å². The van der Waals surface area contributed by atoms with E-state index in [1.807, 2.05) is 30.5 Å². The predicted octanol–water partition coefficient (Wildman–Crippen LogP) is 1.15. The van der Waals surface area contributed by atoms with Crippen LogP contribution in [0.2, 0.25) is 0 Å². The highest BCUT2D eigenvalue weighted by Gasteiger charge is 2.16. The summed E-state index contributed by atoms with van der Waals surface area (Å²) in [5.41, 5.74) is 0.888. The molecule has 0 aliphatic rings. The molecule has 0 aromatic heterocycles. The molecule has 86 valence electrons. The highest BCUT2D eigenvalue weighted by Crippen LogP contribution is 2.15. The van der Waals surface area contributed by atoms with Crippen LogP contribution in [0.4, 0.5) is 0 Å². The molecule has 1 unspecified atom stereocenters. The van der Waals surface area contributed by atoms with Gasteiger partial charge in [0.25, 0.3) is 0 Å². The molecule has 0 saturated carbocycles. The molecule has 0 spiro atoms. The number of thioether (sulfide) groups is 1. The molecule has 0 saturated heterocycles. The van der Waals surface area contributed by atoms with Crippen LogP contribution in [0.1, 0.15) is 5.56 Å². The zero-order valence-corrected chi connectivity index (χ0v) is 9.66. The van der Waals surface area contributed by atoms with Crippen molar-refractivity contribution >= 4 is 24.1 Å². The van der Waals surface area contributed by atoms with E-state index in [9.17, 15) is 9.59 Å². The summed E-state index contributed by atoms with van der Waals surface area (Å²) < 4.78 is 0.